The number of hydrogen-bond acceptors (Lipinski definition) is 6. The van der Waals surface area contributed by atoms with Crippen LogP contribution < -0.4 is 5.32 Å². The van der Waals surface area contributed by atoms with E-state index in [1.807, 2.05) is 10.7 Å². The molecule has 4 heterocycles. The first-order valence-electron chi connectivity index (χ1n) is 8.74. The lowest BCUT2D eigenvalue weighted by Crippen LogP contribution is -2.20. The maximum atomic E-state index is 9.14. The van der Waals surface area contributed by atoms with Crippen molar-refractivity contribution in [3.05, 3.63) is 36.3 Å². The Labute approximate surface area is 151 Å². The highest BCUT2D eigenvalue weighted by molar-refractivity contribution is 5.91. The van der Waals surface area contributed by atoms with Crippen LogP contribution in [0.3, 0.4) is 0 Å². The van der Waals surface area contributed by atoms with Gasteiger partial charge in [0, 0.05) is 30.6 Å². The van der Waals surface area contributed by atoms with Crippen molar-refractivity contribution in [2.24, 2.45) is 0 Å². The third-order valence-corrected chi connectivity index (χ3v) is 4.49. The molecule has 132 valence electrons. The van der Waals surface area contributed by atoms with E-state index in [4.69, 9.17) is 15.0 Å². The molecule has 1 N–H and O–H groups in total. The lowest BCUT2D eigenvalue weighted by atomic mass is 10.1. The molecule has 1 aliphatic rings. The molecule has 0 radical (unpaired) electrons. The van der Waals surface area contributed by atoms with Crippen molar-refractivity contribution in [1.29, 1.82) is 5.26 Å². The van der Waals surface area contributed by atoms with E-state index in [1.165, 1.54) is 0 Å². The van der Waals surface area contributed by atoms with Crippen molar-refractivity contribution >= 4 is 16.7 Å². The second kappa shape index (κ2) is 6.73. The molecule has 1 aliphatic heterocycles. The van der Waals surface area contributed by atoms with Crippen LogP contribution in [0.1, 0.15) is 31.9 Å². The fraction of sp³-hybridized carbons (Fsp3) is 0.368. The van der Waals surface area contributed by atoms with E-state index < -0.39 is 0 Å². The number of anilines is 1. The van der Waals surface area contributed by atoms with Crippen molar-refractivity contribution in [2.75, 3.05) is 18.5 Å². The number of ether oxygens (including phenoxy) is 1. The van der Waals surface area contributed by atoms with Crippen molar-refractivity contribution in [3.8, 4) is 17.3 Å². The first kappa shape index (κ1) is 16.5. The first-order valence-corrected chi connectivity index (χ1v) is 8.74. The number of pyridine rings is 2. The molecular formula is C19H20N6O. The molecular weight excluding hydrogens is 328 g/mol. The zero-order valence-corrected chi connectivity index (χ0v) is 14.8. The zero-order valence-electron chi connectivity index (χ0n) is 14.8. The number of fused-ring (bicyclic) bond motifs is 1. The van der Waals surface area contributed by atoms with Crippen LogP contribution in [-0.4, -0.2) is 39.0 Å². The smallest absolute Gasteiger partial charge is 0.111 e. The molecule has 0 aliphatic carbocycles. The van der Waals surface area contributed by atoms with E-state index in [2.05, 4.69) is 35.3 Å². The predicted octanol–water partition coefficient (Wildman–Crippen LogP) is 3.15. The highest BCUT2D eigenvalue weighted by atomic mass is 16.5. The molecule has 7 nitrogen and oxygen atoms in total. The maximum absolute atomic E-state index is 9.14. The van der Waals surface area contributed by atoms with Crippen LogP contribution in [0.25, 0.3) is 22.3 Å². The summed E-state index contributed by atoms with van der Waals surface area (Å²) in [5.74, 6) is 0. The summed E-state index contributed by atoms with van der Waals surface area (Å²) in [6.45, 7) is 5.67. The quantitative estimate of drug-likeness (QED) is 0.779. The molecule has 0 spiro atoms. The third kappa shape index (κ3) is 3.00. The van der Waals surface area contributed by atoms with Crippen LogP contribution in [0.15, 0.2) is 30.7 Å². The van der Waals surface area contributed by atoms with Gasteiger partial charge in [-0.15, -0.1) is 0 Å². The average Bonchev–Trinajstić information content (AvgIpc) is 3.31. The summed E-state index contributed by atoms with van der Waals surface area (Å²) in [5.41, 5.74) is 4.89. The van der Waals surface area contributed by atoms with Crippen LogP contribution in [0.4, 0.5) is 5.69 Å². The SMILES string of the molecule is CC(C)n1ncc2nc(-c3cncc(C#N)c3)cc(N[C@@H]3CCOC3)c21. The highest BCUT2D eigenvalue weighted by Gasteiger charge is 2.20. The Morgan fingerprint density at radius 2 is 2.19 bits per heavy atom. The van der Waals surface area contributed by atoms with Crippen molar-refractivity contribution in [3.63, 3.8) is 0 Å². The van der Waals surface area contributed by atoms with Gasteiger partial charge in [-0.05, 0) is 32.4 Å². The Bertz CT molecular complexity index is 981. The molecule has 26 heavy (non-hydrogen) atoms. The summed E-state index contributed by atoms with van der Waals surface area (Å²) < 4.78 is 7.48. The lowest BCUT2D eigenvalue weighted by molar-refractivity contribution is 0.195. The van der Waals surface area contributed by atoms with Crippen LogP contribution in [0.5, 0.6) is 0 Å². The zero-order chi connectivity index (χ0) is 18.1. The Morgan fingerprint density at radius 3 is 2.92 bits per heavy atom. The number of hydrogen-bond donors (Lipinski definition) is 1. The van der Waals surface area contributed by atoms with E-state index in [-0.39, 0.29) is 12.1 Å². The van der Waals surface area contributed by atoms with Crippen molar-refractivity contribution in [2.45, 2.75) is 32.4 Å². The van der Waals surface area contributed by atoms with E-state index in [1.54, 1.807) is 24.7 Å². The number of nitrogens with one attached hydrogen (secondary N) is 1. The Kier molecular flexibility index (Phi) is 4.27. The summed E-state index contributed by atoms with van der Waals surface area (Å²) in [6, 6.07) is 6.44. The molecule has 1 saturated heterocycles. The summed E-state index contributed by atoms with van der Waals surface area (Å²) in [4.78, 5) is 8.91. The van der Waals surface area contributed by atoms with E-state index in [9.17, 15) is 0 Å². The van der Waals surface area contributed by atoms with E-state index in [0.29, 0.717) is 12.2 Å². The Balaban J connectivity index is 1.86. The van der Waals surface area contributed by atoms with Gasteiger partial charge in [-0.1, -0.05) is 0 Å². The fourth-order valence-electron chi connectivity index (χ4n) is 3.22. The van der Waals surface area contributed by atoms with Crippen molar-refractivity contribution < 1.29 is 4.74 Å². The second-order valence-corrected chi connectivity index (χ2v) is 6.75. The molecule has 0 amide bonds. The van der Waals surface area contributed by atoms with Gasteiger partial charge in [0.2, 0.25) is 0 Å². The van der Waals surface area contributed by atoms with Gasteiger partial charge in [-0.25, -0.2) is 4.98 Å². The van der Waals surface area contributed by atoms with Gasteiger partial charge in [0.05, 0.1) is 35.8 Å². The third-order valence-electron chi connectivity index (χ3n) is 4.49. The molecule has 1 fully saturated rings. The van der Waals surface area contributed by atoms with Gasteiger partial charge in [-0.3, -0.25) is 9.67 Å². The average molecular weight is 348 g/mol. The van der Waals surface area contributed by atoms with E-state index in [0.717, 1.165) is 41.0 Å². The van der Waals surface area contributed by atoms with Crippen LogP contribution in [0.2, 0.25) is 0 Å². The predicted molar refractivity (Wildman–Crippen MR) is 98.7 cm³/mol. The molecule has 7 heteroatoms. The summed E-state index contributed by atoms with van der Waals surface area (Å²) in [6.07, 6.45) is 6.04. The van der Waals surface area contributed by atoms with E-state index >= 15 is 0 Å². The molecule has 0 aromatic carbocycles. The number of nitriles is 1. The normalized spacial score (nSPS) is 16.9. The molecule has 1 atom stereocenters. The highest BCUT2D eigenvalue weighted by Crippen LogP contribution is 2.31. The van der Waals surface area contributed by atoms with Gasteiger partial charge < -0.3 is 10.1 Å². The minimum absolute atomic E-state index is 0.226. The fourth-order valence-corrected chi connectivity index (χ4v) is 3.22. The molecule has 3 aromatic rings. The summed E-state index contributed by atoms with van der Waals surface area (Å²) in [7, 11) is 0. The number of aromatic nitrogens is 4. The molecule has 4 rings (SSSR count). The maximum Gasteiger partial charge on any atom is 0.111 e. The standard InChI is InChI=1S/C19H20N6O/c1-12(2)25-19-17(23-15-3-4-26-11-15)6-16(24-18(19)10-22-25)14-5-13(7-20)8-21-9-14/h5-6,8-10,12,15H,3-4,11H2,1-2H3,(H,23,24)/t15-/m1/s1. The number of rotatable bonds is 4. The van der Waals surface area contributed by atoms with Gasteiger partial charge in [0.1, 0.15) is 17.1 Å². The minimum atomic E-state index is 0.226. The van der Waals surface area contributed by atoms with Crippen molar-refractivity contribution in [1.82, 2.24) is 19.7 Å². The first-order chi connectivity index (χ1) is 12.7. The van der Waals surface area contributed by atoms with Crippen LogP contribution in [0, 0.1) is 11.3 Å². The van der Waals surface area contributed by atoms with Crippen LogP contribution >= 0.6 is 0 Å². The van der Waals surface area contributed by atoms with Gasteiger partial charge in [0.15, 0.2) is 0 Å². The van der Waals surface area contributed by atoms with Crippen LogP contribution in [-0.2, 0) is 4.74 Å². The summed E-state index contributed by atoms with van der Waals surface area (Å²) >= 11 is 0. The molecule has 0 bridgehead atoms. The molecule has 0 saturated carbocycles. The minimum Gasteiger partial charge on any atom is -0.379 e. The molecule has 3 aromatic heterocycles. The van der Waals surface area contributed by atoms with Gasteiger partial charge in [-0.2, -0.15) is 10.4 Å². The Hall–Kier alpha value is -2.98. The topological polar surface area (TPSA) is 88.7 Å². The van der Waals surface area contributed by atoms with Gasteiger partial charge in [0.25, 0.3) is 0 Å². The van der Waals surface area contributed by atoms with Gasteiger partial charge >= 0.3 is 0 Å². The second-order valence-electron chi connectivity index (χ2n) is 6.75. The Morgan fingerprint density at radius 1 is 1.31 bits per heavy atom. The monoisotopic (exact) mass is 348 g/mol. The largest absolute Gasteiger partial charge is 0.379 e. The summed E-state index contributed by atoms with van der Waals surface area (Å²) in [5, 5.41) is 17.2. The lowest BCUT2D eigenvalue weighted by Gasteiger charge is -2.17. The number of nitrogens with zero attached hydrogens (tertiary/aromatic N) is 5. The molecule has 0 unspecified atom stereocenters.